The van der Waals surface area contributed by atoms with Crippen LogP contribution in [-0.2, 0) is 21.3 Å². The highest BCUT2D eigenvalue weighted by molar-refractivity contribution is 7.91. The normalized spacial score (nSPS) is 15.9. The van der Waals surface area contributed by atoms with Gasteiger partial charge in [-0.2, -0.15) is 0 Å². The predicted octanol–water partition coefficient (Wildman–Crippen LogP) is 1.46. The Kier molecular flexibility index (Phi) is 4.72. The van der Waals surface area contributed by atoms with Gasteiger partial charge in [0.15, 0.2) is 0 Å². The van der Waals surface area contributed by atoms with Crippen LogP contribution in [0.2, 0.25) is 0 Å². The summed E-state index contributed by atoms with van der Waals surface area (Å²) in [5.41, 5.74) is 0.886. The molecule has 0 atom stereocenters. The Bertz CT molecular complexity index is 711. The number of hydrogen-bond donors (Lipinski definition) is 1. The van der Waals surface area contributed by atoms with Crippen LogP contribution in [0, 0.1) is 0 Å². The molecule has 0 radical (unpaired) electrons. The number of thiophene rings is 1. The zero-order valence-corrected chi connectivity index (χ0v) is 13.6. The van der Waals surface area contributed by atoms with E-state index in [9.17, 15) is 8.42 Å². The van der Waals surface area contributed by atoms with Crippen molar-refractivity contribution in [1.29, 1.82) is 0 Å². The van der Waals surface area contributed by atoms with Gasteiger partial charge in [0.1, 0.15) is 10.0 Å². The number of nitrogens with zero attached hydrogens (tertiary/aromatic N) is 2. The molecule has 22 heavy (non-hydrogen) atoms. The van der Waals surface area contributed by atoms with E-state index in [2.05, 4.69) is 14.6 Å². The second kappa shape index (κ2) is 6.74. The Morgan fingerprint density at radius 2 is 2.14 bits per heavy atom. The van der Waals surface area contributed by atoms with Gasteiger partial charge >= 0.3 is 0 Å². The Labute approximate surface area is 133 Å². The fourth-order valence-electron chi connectivity index (χ4n) is 2.20. The van der Waals surface area contributed by atoms with Gasteiger partial charge in [-0.15, -0.1) is 11.3 Å². The summed E-state index contributed by atoms with van der Waals surface area (Å²) in [7, 11) is -3.44. The van der Waals surface area contributed by atoms with E-state index < -0.39 is 10.0 Å². The van der Waals surface area contributed by atoms with Gasteiger partial charge in [0.2, 0.25) is 10.0 Å². The molecular weight excluding hydrogens is 322 g/mol. The van der Waals surface area contributed by atoms with Crippen molar-refractivity contribution < 1.29 is 13.2 Å². The lowest BCUT2D eigenvalue weighted by Gasteiger charge is -2.28. The van der Waals surface area contributed by atoms with E-state index in [0.717, 1.165) is 24.5 Å². The molecule has 6 nitrogen and oxygen atoms in total. The monoisotopic (exact) mass is 339 g/mol. The summed E-state index contributed by atoms with van der Waals surface area (Å²) in [6.07, 6.45) is 1.71. The molecule has 0 unspecified atom stereocenters. The Hall–Kier alpha value is -1.48. The van der Waals surface area contributed by atoms with Gasteiger partial charge in [-0.05, 0) is 29.1 Å². The van der Waals surface area contributed by atoms with E-state index in [-0.39, 0.29) is 6.54 Å². The van der Waals surface area contributed by atoms with Crippen molar-refractivity contribution in [2.45, 2.75) is 10.8 Å². The van der Waals surface area contributed by atoms with E-state index in [1.54, 1.807) is 23.7 Å². The maximum absolute atomic E-state index is 12.1. The first-order chi connectivity index (χ1) is 10.6. The quantitative estimate of drug-likeness (QED) is 0.893. The lowest BCUT2D eigenvalue weighted by Crippen LogP contribution is -2.36. The third kappa shape index (κ3) is 3.64. The van der Waals surface area contributed by atoms with Crippen molar-refractivity contribution in [2.24, 2.45) is 0 Å². The smallest absolute Gasteiger partial charge is 0.250 e. The van der Waals surface area contributed by atoms with Gasteiger partial charge in [-0.25, -0.2) is 18.1 Å². The van der Waals surface area contributed by atoms with E-state index >= 15 is 0 Å². The van der Waals surface area contributed by atoms with Crippen LogP contribution < -0.4 is 9.62 Å². The van der Waals surface area contributed by atoms with Crippen molar-refractivity contribution in [1.82, 2.24) is 9.71 Å². The van der Waals surface area contributed by atoms with Crippen molar-refractivity contribution in [3.63, 3.8) is 0 Å². The van der Waals surface area contributed by atoms with Crippen molar-refractivity contribution in [3.8, 4) is 0 Å². The largest absolute Gasteiger partial charge is 0.378 e. The SMILES string of the molecule is O=S(=O)(NCc1ccnc(N2CCOCC2)c1)c1cccs1. The Morgan fingerprint density at radius 1 is 1.32 bits per heavy atom. The number of rotatable bonds is 5. The van der Waals surface area contributed by atoms with Gasteiger partial charge in [0.05, 0.1) is 13.2 Å². The number of morpholine rings is 1. The molecule has 8 heteroatoms. The van der Waals surface area contributed by atoms with Crippen LogP contribution in [0.4, 0.5) is 5.82 Å². The molecule has 3 heterocycles. The molecule has 1 fully saturated rings. The van der Waals surface area contributed by atoms with Crippen LogP contribution in [0.25, 0.3) is 0 Å². The van der Waals surface area contributed by atoms with Gasteiger partial charge in [0, 0.05) is 25.8 Å². The second-order valence-corrected chi connectivity index (χ2v) is 7.82. The molecule has 1 saturated heterocycles. The molecule has 2 aromatic heterocycles. The van der Waals surface area contributed by atoms with E-state index in [4.69, 9.17) is 4.74 Å². The Balaban J connectivity index is 1.68. The van der Waals surface area contributed by atoms with E-state index in [1.807, 2.05) is 12.1 Å². The molecule has 1 aliphatic rings. The molecule has 0 saturated carbocycles. The number of pyridine rings is 1. The lowest BCUT2D eigenvalue weighted by atomic mass is 10.2. The molecule has 118 valence electrons. The minimum absolute atomic E-state index is 0.250. The van der Waals surface area contributed by atoms with Crippen LogP contribution in [0.15, 0.2) is 40.1 Å². The fourth-order valence-corrected chi connectivity index (χ4v) is 4.26. The molecule has 0 amide bonds. The Morgan fingerprint density at radius 3 is 2.86 bits per heavy atom. The number of anilines is 1. The number of aromatic nitrogens is 1. The first kappa shape index (κ1) is 15.4. The molecule has 1 aliphatic heterocycles. The molecule has 0 aromatic carbocycles. The first-order valence-electron chi connectivity index (χ1n) is 6.96. The highest BCUT2D eigenvalue weighted by Crippen LogP contribution is 2.17. The van der Waals surface area contributed by atoms with Crippen LogP contribution in [0.1, 0.15) is 5.56 Å². The minimum Gasteiger partial charge on any atom is -0.378 e. The third-order valence-corrected chi connectivity index (χ3v) is 6.17. The van der Waals surface area contributed by atoms with E-state index in [1.165, 1.54) is 11.3 Å². The zero-order chi connectivity index (χ0) is 15.4. The summed E-state index contributed by atoms with van der Waals surface area (Å²) in [5.74, 6) is 0.858. The summed E-state index contributed by atoms with van der Waals surface area (Å²) < 4.78 is 32.5. The summed E-state index contributed by atoms with van der Waals surface area (Å²) >= 11 is 1.21. The molecule has 0 spiro atoms. The van der Waals surface area contributed by atoms with Crippen molar-refractivity contribution in [2.75, 3.05) is 31.2 Å². The number of ether oxygens (including phenoxy) is 1. The summed E-state index contributed by atoms with van der Waals surface area (Å²) in [6.45, 7) is 3.24. The van der Waals surface area contributed by atoms with E-state index in [0.29, 0.717) is 17.4 Å². The molecule has 1 N–H and O–H groups in total. The molecule has 0 bridgehead atoms. The van der Waals surface area contributed by atoms with Crippen molar-refractivity contribution in [3.05, 3.63) is 41.4 Å². The third-order valence-electron chi connectivity index (χ3n) is 3.37. The van der Waals surface area contributed by atoms with Gasteiger partial charge in [-0.3, -0.25) is 0 Å². The van der Waals surface area contributed by atoms with Gasteiger partial charge in [0.25, 0.3) is 0 Å². The first-order valence-corrected chi connectivity index (χ1v) is 9.32. The number of sulfonamides is 1. The number of nitrogens with one attached hydrogen (secondary N) is 1. The average molecular weight is 339 g/mol. The molecule has 3 rings (SSSR count). The molecule has 2 aromatic rings. The van der Waals surface area contributed by atoms with Crippen LogP contribution in [-0.4, -0.2) is 39.7 Å². The summed E-state index contributed by atoms with van der Waals surface area (Å²) in [6, 6.07) is 7.06. The van der Waals surface area contributed by atoms with Crippen LogP contribution in [0.5, 0.6) is 0 Å². The van der Waals surface area contributed by atoms with Crippen LogP contribution >= 0.6 is 11.3 Å². The maximum Gasteiger partial charge on any atom is 0.250 e. The fraction of sp³-hybridized carbons (Fsp3) is 0.357. The lowest BCUT2D eigenvalue weighted by molar-refractivity contribution is 0.122. The summed E-state index contributed by atoms with van der Waals surface area (Å²) in [4.78, 5) is 6.49. The molecule has 0 aliphatic carbocycles. The minimum atomic E-state index is -3.44. The zero-order valence-electron chi connectivity index (χ0n) is 11.9. The average Bonchev–Trinajstić information content (AvgIpc) is 3.10. The van der Waals surface area contributed by atoms with Crippen molar-refractivity contribution >= 4 is 27.2 Å². The van der Waals surface area contributed by atoms with Gasteiger partial charge < -0.3 is 9.64 Å². The highest BCUT2D eigenvalue weighted by Gasteiger charge is 2.16. The topological polar surface area (TPSA) is 71.5 Å². The standard InChI is InChI=1S/C14H17N3O3S2/c18-22(19,14-2-1-9-21-14)16-11-12-3-4-15-13(10-12)17-5-7-20-8-6-17/h1-4,9-10,16H,5-8,11H2. The predicted molar refractivity (Wildman–Crippen MR) is 85.6 cm³/mol. The number of hydrogen-bond acceptors (Lipinski definition) is 6. The van der Waals surface area contributed by atoms with Gasteiger partial charge in [-0.1, -0.05) is 6.07 Å². The summed E-state index contributed by atoms with van der Waals surface area (Å²) in [5, 5.41) is 1.75. The molecular formula is C14H17N3O3S2. The second-order valence-electron chi connectivity index (χ2n) is 4.88. The van der Waals surface area contributed by atoms with Crippen LogP contribution in [0.3, 0.4) is 0 Å². The highest BCUT2D eigenvalue weighted by atomic mass is 32.2. The maximum atomic E-state index is 12.1.